The molecule has 0 saturated carbocycles. The molecule has 0 radical (unpaired) electrons. The zero-order valence-corrected chi connectivity index (χ0v) is 23.6. The molecule has 0 atom stereocenters. The first-order valence-electron chi connectivity index (χ1n) is 14.5. The number of methoxy groups -OCH3 is 1. The molecule has 3 aliphatic rings. The molecule has 41 heavy (non-hydrogen) atoms. The molecular formula is C32H37N5O4. The fourth-order valence-corrected chi connectivity index (χ4v) is 5.80. The lowest BCUT2D eigenvalue weighted by molar-refractivity contribution is -0.0345. The summed E-state index contributed by atoms with van der Waals surface area (Å²) in [7, 11) is 1.73. The Hall–Kier alpha value is -3.55. The smallest absolute Gasteiger partial charge is 0.137 e. The van der Waals surface area contributed by atoms with Gasteiger partial charge in [0.2, 0.25) is 0 Å². The number of nitriles is 1. The topological polar surface area (TPSA) is 93.0 Å². The molecule has 3 saturated heterocycles. The van der Waals surface area contributed by atoms with Crippen LogP contribution in [0.15, 0.2) is 48.7 Å². The number of hydrogen-bond acceptors (Lipinski definition) is 9. The van der Waals surface area contributed by atoms with Crippen LogP contribution in [-0.2, 0) is 22.4 Å². The maximum atomic E-state index is 9.78. The lowest BCUT2D eigenvalue weighted by Gasteiger charge is -2.46. The molecule has 0 bridgehead atoms. The van der Waals surface area contributed by atoms with Crippen LogP contribution in [0.3, 0.4) is 0 Å². The van der Waals surface area contributed by atoms with Crippen LogP contribution in [0.5, 0.6) is 11.5 Å². The average Bonchev–Trinajstić information content (AvgIpc) is 3.00. The fourth-order valence-electron chi connectivity index (χ4n) is 5.80. The first kappa shape index (κ1) is 27.6. The van der Waals surface area contributed by atoms with Crippen molar-refractivity contribution >= 4 is 0 Å². The van der Waals surface area contributed by atoms with Gasteiger partial charge in [0.25, 0.3) is 0 Å². The normalized spacial score (nSPS) is 18.9. The highest BCUT2D eigenvalue weighted by Crippen LogP contribution is 2.29. The SMILES string of the molecule is COc1cc(Cc2nccc(-c3ccc(OC4CCOCC4)c(C#N)c3)n2)ccc1CN1CC(N2CCOCC2)C1. The van der Waals surface area contributed by atoms with Crippen molar-refractivity contribution in [2.75, 3.05) is 59.7 Å². The number of benzene rings is 2. The third kappa shape index (κ3) is 6.68. The second-order valence-electron chi connectivity index (χ2n) is 10.9. The van der Waals surface area contributed by atoms with E-state index in [1.54, 1.807) is 13.3 Å². The van der Waals surface area contributed by atoms with Crippen molar-refractivity contribution < 1.29 is 18.9 Å². The van der Waals surface area contributed by atoms with Crippen LogP contribution in [0.1, 0.15) is 35.4 Å². The Labute approximate surface area is 241 Å². The molecule has 0 spiro atoms. The molecule has 9 nitrogen and oxygen atoms in total. The zero-order chi connectivity index (χ0) is 28.0. The molecule has 2 aromatic carbocycles. The monoisotopic (exact) mass is 555 g/mol. The maximum Gasteiger partial charge on any atom is 0.137 e. The predicted octanol–water partition coefficient (Wildman–Crippen LogP) is 3.69. The van der Waals surface area contributed by atoms with Crippen LogP contribution in [-0.4, -0.2) is 91.6 Å². The highest BCUT2D eigenvalue weighted by molar-refractivity contribution is 5.64. The highest BCUT2D eigenvalue weighted by atomic mass is 16.5. The minimum Gasteiger partial charge on any atom is -0.496 e. The number of aromatic nitrogens is 2. The Kier molecular flexibility index (Phi) is 8.73. The second-order valence-corrected chi connectivity index (χ2v) is 10.9. The molecule has 9 heteroatoms. The van der Waals surface area contributed by atoms with Gasteiger partial charge in [0, 0.05) is 75.4 Å². The first-order chi connectivity index (χ1) is 20.2. The van der Waals surface area contributed by atoms with Gasteiger partial charge in [-0.25, -0.2) is 9.97 Å². The van der Waals surface area contributed by atoms with Crippen molar-refractivity contribution in [3.63, 3.8) is 0 Å². The van der Waals surface area contributed by atoms with Gasteiger partial charge in [-0.2, -0.15) is 5.26 Å². The summed E-state index contributed by atoms with van der Waals surface area (Å²) in [6.45, 7) is 8.20. The molecule has 1 aromatic heterocycles. The van der Waals surface area contributed by atoms with Gasteiger partial charge in [0.15, 0.2) is 0 Å². The molecule has 0 N–H and O–H groups in total. The van der Waals surface area contributed by atoms with Crippen molar-refractivity contribution in [2.45, 2.75) is 38.0 Å². The van der Waals surface area contributed by atoms with E-state index in [-0.39, 0.29) is 6.10 Å². The number of rotatable bonds is 9. The van der Waals surface area contributed by atoms with Gasteiger partial charge >= 0.3 is 0 Å². The van der Waals surface area contributed by atoms with E-state index in [0.717, 1.165) is 87.2 Å². The van der Waals surface area contributed by atoms with Crippen LogP contribution in [0, 0.1) is 11.3 Å². The number of hydrogen-bond donors (Lipinski definition) is 0. The molecule has 214 valence electrons. The standard InChI is InChI=1S/C32H37N5O4/c1-38-31-16-23(2-3-25(31)20-36-21-27(22-36)37-10-14-40-15-11-37)17-32-34-9-6-29(35-32)24-4-5-30(26(18-24)19-33)41-28-7-12-39-13-8-28/h2-6,9,16,18,27-28H,7-8,10-15,17,20-22H2,1H3. The largest absolute Gasteiger partial charge is 0.496 e. The van der Waals surface area contributed by atoms with Crippen LogP contribution < -0.4 is 9.47 Å². The molecule has 4 heterocycles. The van der Waals surface area contributed by atoms with Gasteiger partial charge in [-0.15, -0.1) is 0 Å². The van der Waals surface area contributed by atoms with Crippen molar-refractivity contribution in [3.05, 3.63) is 71.2 Å². The highest BCUT2D eigenvalue weighted by Gasteiger charge is 2.32. The zero-order valence-electron chi connectivity index (χ0n) is 23.6. The Morgan fingerprint density at radius 1 is 0.976 bits per heavy atom. The van der Waals surface area contributed by atoms with Crippen molar-refractivity contribution in [1.29, 1.82) is 5.26 Å². The number of likely N-dealkylation sites (tertiary alicyclic amines) is 1. The van der Waals surface area contributed by atoms with Crippen LogP contribution in [0.2, 0.25) is 0 Å². The van der Waals surface area contributed by atoms with E-state index < -0.39 is 0 Å². The van der Waals surface area contributed by atoms with Crippen LogP contribution in [0.25, 0.3) is 11.3 Å². The molecule has 3 fully saturated rings. The molecule has 6 rings (SSSR count). The van der Waals surface area contributed by atoms with E-state index in [9.17, 15) is 5.26 Å². The van der Waals surface area contributed by atoms with E-state index in [0.29, 0.717) is 37.0 Å². The number of nitrogens with zero attached hydrogens (tertiary/aromatic N) is 5. The Bertz CT molecular complexity index is 1370. The van der Waals surface area contributed by atoms with Crippen molar-refractivity contribution in [1.82, 2.24) is 19.8 Å². The number of ether oxygens (including phenoxy) is 4. The minimum atomic E-state index is 0.0775. The summed E-state index contributed by atoms with van der Waals surface area (Å²) in [5.41, 5.74) is 4.43. The Balaban J connectivity index is 1.10. The Morgan fingerprint density at radius 3 is 2.56 bits per heavy atom. The quantitative estimate of drug-likeness (QED) is 0.392. The van der Waals surface area contributed by atoms with Gasteiger partial charge in [-0.05, 0) is 35.9 Å². The average molecular weight is 556 g/mol. The summed E-state index contributed by atoms with van der Waals surface area (Å²) in [6.07, 6.45) is 4.11. The lowest BCUT2D eigenvalue weighted by atomic mass is 10.0. The molecule has 0 amide bonds. The van der Waals surface area contributed by atoms with E-state index in [4.69, 9.17) is 23.9 Å². The van der Waals surface area contributed by atoms with E-state index >= 15 is 0 Å². The molecule has 0 aliphatic carbocycles. The third-order valence-electron chi connectivity index (χ3n) is 8.17. The molecule has 3 aliphatic heterocycles. The van der Waals surface area contributed by atoms with E-state index in [1.165, 1.54) is 5.56 Å². The van der Waals surface area contributed by atoms with Gasteiger partial charge in [0.05, 0.1) is 44.8 Å². The Morgan fingerprint density at radius 2 is 1.78 bits per heavy atom. The lowest BCUT2D eigenvalue weighted by Crippen LogP contribution is -2.60. The summed E-state index contributed by atoms with van der Waals surface area (Å²) < 4.78 is 22.8. The first-order valence-corrected chi connectivity index (χ1v) is 14.5. The summed E-state index contributed by atoms with van der Waals surface area (Å²) in [5.74, 6) is 2.22. The molecule has 0 unspecified atom stereocenters. The summed E-state index contributed by atoms with van der Waals surface area (Å²) >= 11 is 0. The fraction of sp³-hybridized carbons (Fsp3) is 0.469. The summed E-state index contributed by atoms with van der Waals surface area (Å²) in [4.78, 5) is 14.4. The van der Waals surface area contributed by atoms with Gasteiger partial charge in [-0.1, -0.05) is 12.1 Å². The summed E-state index contributed by atoms with van der Waals surface area (Å²) in [5, 5.41) is 9.78. The van der Waals surface area contributed by atoms with E-state index in [2.05, 4.69) is 39.1 Å². The van der Waals surface area contributed by atoms with Gasteiger partial charge in [-0.3, -0.25) is 9.80 Å². The van der Waals surface area contributed by atoms with Crippen LogP contribution >= 0.6 is 0 Å². The van der Waals surface area contributed by atoms with Crippen molar-refractivity contribution in [2.24, 2.45) is 0 Å². The molecule has 3 aromatic rings. The third-order valence-corrected chi connectivity index (χ3v) is 8.17. The van der Waals surface area contributed by atoms with Gasteiger partial charge < -0.3 is 18.9 Å². The minimum absolute atomic E-state index is 0.0775. The van der Waals surface area contributed by atoms with Crippen LogP contribution in [0.4, 0.5) is 0 Å². The predicted molar refractivity (Wildman–Crippen MR) is 154 cm³/mol. The molecular weight excluding hydrogens is 518 g/mol. The second kappa shape index (κ2) is 13.0. The number of morpholine rings is 1. The maximum absolute atomic E-state index is 9.78. The van der Waals surface area contributed by atoms with Gasteiger partial charge in [0.1, 0.15) is 29.5 Å². The van der Waals surface area contributed by atoms with E-state index in [1.807, 2.05) is 24.3 Å². The summed E-state index contributed by atoms with van der Waals surface area (Å²) in [6, 6.07) is 16.9. The van der Waals surface area contributed by atoms with Crippen molar-refractivity contribution in [3.8, 4) is 28.8 Å².